The lowest BCUT2D eigenvalue weighted by Gasteiger charge is -2.23. The van der Waals surface area contributed by atoms with Gasteiger partial charge >= 0.3 is 0 Å². The highest BCUT2D eigenvalue weighted by molar-refractivity contribution is 6.18. The maximum Gasteiger partial charge on any atom is 0.225 e. The van der Waals surface area contributed by atoms with Crippen LogP contribution < -0.4 is 0 Å². The van der Waals surface area contributed by atoms with E-state index in [0.717, 1.165) is 6.42 Å². The Hall–Kier alpha value is 0.0500. The molecule has 0 saturated heterocycles. The highest BCUT2D eigenvalue weighted by Crippen LogP contribution is 2.06. The van der Waals surface area contributed by atoms with Gasteiger partial charge in [-0.05, 0) is 6.42 Å². The summed E-state index contributed by atoms with van der Waals surface area (Å²) in [5, 5.41) is 0. The average molecular weight is 226 g/mol. The molecule has 1 unspecified atom stereocenters. The van der Waals surface area contributed by atoms with Crippen LogP contribution in [0.15, 0.2) is 0 Å². The van der Waals surface area contributed by atoms with Crippen molar-refractivity contribution in [3.8, 4) is 0 Å². The van der Waals surface area contributed by atoms with E-state index in [1.54, 1.807) is 4.90 Å². The number of nitrogens with zero attached hydrogens (tertiary/aromatic N) is 1. The first-order valence-corrected chi connectivity index (χ1v) is 5.65. The molecular weight excluding hydrogens is 209 g/mol. The molecule has 0 N–H and O–H groups in total. The summed E-state index contributed by atoms with van der Waals surface area (Å²) >= 11 is 11.2. The average Bonchev–Trinajstić information content (AvgIpc) is 2.15. The molecule has 4 heteroatoms. The van der Waals surface area contributed by atoms with Gasteiger partial charge in [0.05, 0.1) is 0 Å². The molecule has 0 spiro atoms. The van der Waals surface area contributed by atoms with Crippen molar-refractivity contribution in [3.63, 3.8) is 0 Å². The molecule has 2 nitrogen and oxygen atoms in total. The van der Waals surface area contributed by atoms with Crippen LogP contribution in [0.4, 0.5) is 0 Å². The van der Waals surface area contributed by atoms with E-state index in [4.69, 9.17) is 23.2 Å². The van der Waals surface area contributed by atoms with Crippen molar-refractivity contribution in [2.75, 3.05) is 24.8 Å². The number of alkyl halides is 2. The zero-order valence-electron chi connectivity index (χ0n) is 8.22. The summed E-state index contributed by atoms with van der Waals surface area (Å²) in [5.41, 5.74) is 0. The van der Waals surface area contributed by atoms with Gasteiger partial charge in [0.15, 0.2) is 0 Å². The molecule has 0 aromatic carbocycles. The van der Waals surface area contributed by atoms with Gasteiger partial charge in [-0.2, -0.15) is 0 Å². The second kappa shape index (κ2) is 7.45. The van der Waals surface area contributed by atoms with Gasteiger partial charge in [0.2, 0.25) is 5.91 Å². The van der Waals surface area contributed by atoms with Crippen LogP contribution >= 0.6 is 23.2 Å². The Kier molecular flexibility index (Phi) is 7.48. The van der Waals surface area contributed by atoms with Crippen LogP contribution in [0.1, 0.15) is 20.3 Å². The number of carbonyl (C=O) groups is 1. The van der Waals surface area contributed by atoms with Gasteiger partial charge in [0, 0.05) is 30.8 Å². The lowest BCUT2D eigenvalue weighted by Crippen LogP contribution is -2.37. The molecule has 0 aliphatic carbocycles. The van der Waals surface area contributed by atoms with Crippen molar-refractivity contribution in [2.45, 2.75) is 20.3 Å². The van der Waals surface area contributed by atoms with Crippen molar-refractivity contribution in [2.24, 2.45) is 5.92 Å². The normalized spacial score (nSPS) is 12.6. The summed E-state index contributed by atoms with van der Waals surface area (Å²) < 4.78 is 0. The Morgan fingerprint density at radius 3 is 2.08 bits per heavy atom. The van der Waals surface area contributed by atoms with Crippen LogP contribution in [0.3, 0.4) is 0 Å². The largest absolute Gasteiger partial charge is 0.340 e. The molecule has 78 valence electrons. The fraction of sp³-hybridized carbons (Fsp3) is 0.889. The molecule has 13 heavy (non-hydrogen) atoms. The third-order valence-electron chi connectivity index (χ3n) is 2.05. The van der Waals surface area contributed by atoms with Gasteiger partial charge < -0.3 is 4.90 Å². The molecular formula is C9H17Cl2NO. The van der Waals surface area contributed by atoms with Crippen LogP contribution in [-0.2, 0) is 4.79 Å². The molecule has 0 heterocycles. The van der Waals surface area contributed by atoms with Crippen molar-refractivity contribution < 1.29 is 4.79 Å². The van der Waals surface area contributed by atoms with Crippen LogP contribution in [0.2, 0.25) is 0 Å². The molecule has 1 amide bonds. The molecule has 0 aromatic rings. The van der Waals surface area contributed by atoms with Gasteiger partial charge in [-0.25, -0.2) is 0 Å². The molecule has 0 saturated carbocycles. The van der Waals surface area contributed by atoms with Gasteiger partial charge in [-0.1, -0.05) is 13.8 Å². The zero-order valence-corrected chi connectivity index (χ0v) is 9.74. The van der Waals surface area contributed by atoms with Gasteiger partial charge in [-0.15, -0.1) is 23.2 Å². The Morgan fingerprint density at radius 2 is 1.77 bits per heavy atom. The first-order valence-electron chi connectivity index (χ1n) is 4.58. The van der Waals surface area contributed by atoms with E-state index < -0.39 is 0 Å². The Morgan fingerprint density at radius 1 is 1.31 bits per heavy atom. The summed E-state index contributed by atoms with van der Waals surface area (Å²) in [6.45, 7) is 5.12. The minimum absolute atomic E-state index is 0.0754. The number of carbonyl (C=O) groups excluding carboxylic acids is 1. The molecule has 0 aromatic heterocycles. The first kappa shape index (κ1) is 13.1. The van der Waals surface area contributed by atoms with E-state index >= 15 is 0 Å². The van der Waals surface area contributed by atoms with Crippen LogP contribution in [0, 0.1) is 5.92 Å². The standard InChI is InChI=1S/C9H17Cl2NO/c1-3-8(2)9(13)12(6-4-10)7-5-11/h8H,3-7H2,1-2H3. The minimum Gasteiger partial charge on any atom is -0.340 e. The Balaban J connectivity index is 4.09. The smallest absolute Gasteiger partial charge is 0.225 e. The second-order valence-corrected chi connectivity index (χ2v) is 3.77. The summed E-state index contributed by atoms with van der Waals surface area (Å²) in [6.07, 6.45) is 0.861. The highest BCUT2D eigenvalue weighted by atomic mass is 35.5. The summed E-state index contributed by atoms with van der Waals surface area (Å²) in [5.74, 6) is 1.17. The van der Waals surface area contributed by atoms with E-state index in [9.17, 15) is 4.79 Å². The second-order valence-electron chi connectivity index (χ2n) is 3.01. The molecule has 0 rings (SSSR count). The van der Waals surface area contributed by atoms with Crippen molar-refractivity contribution >= 4 is 29.1 Å². The topological polar surface area (TPSA) is 20.3 Å². The maximum atomic E-state index is 11.7. The Bertz CT molecular complexity index is 147. The predicted molar refractivity (Wildman–Crippen MR) is 57.5 cm³/mol. The number of amides is 1. The van der Waals surface area contributed by atoms with Crippen LogP contribution in [0.5, 0.6) is 0 Å². The summed E-state index contributed by atoms with van der Waals surface area (Å²) in [7, 11) is 0. The number of halogens is 2. The molecule has 0 aliphatic rings. The van der Waals surface area contributed by atoms with Gasteiger partial charge in [-0.3, -0.25) is 4.79 Å². The fourth-order valence-corrected chi connectivity index (χ4v) is 1.43. The summed E-state index contributed by atoms with van der Waals surface area (Å²) in [6, 6.07) is 0. The van der Waals surface area contributed by atoms with E-state index in [1.807, 2.05) is 13.8 Å². The molecule has 0 bridgehead atoms. The van der Waals surface area contributed by atoms with Crippen molar-refractivity contribution in [1.29, 1.82) is 0 Å². The number of rotatable bonds is 6. The third kappa shape index (κ3) is 4.72. The van der Waals surface area contributed by atoms with E-state index in [2.05, 4.69) is 0 Å². The quantitative estimate of drug-likeness (QED) is 0.636. The molecule has 0 aliphatic heterocycles. The van der Waals surface area contributed by atoms with E-state index in [0.29, 0.717) is 24.8 Å². The number of hydrogen-bond acceptors (Lipinski definition) is 1. The molecule has 1 atom stereocenters. The van der Waals surface area contributed by atoms with Gasteiger partial charge in [0.1, 0.15) is 0 Å². The van der Waals surface area contributed by atoms with Gasteiger partial charge in [0.25, 0.3) is 0 Å². The monoisotopic (exact) mass is 225 g/mol. The van der Waals surface area contributed by atoms with Crippen molar-refractivity contribution in [1.82, 2.24) is 4.90 Å². The predicted octanol–water partition coefficient (Wildman–Crippen LogP) is 2.34. The summed E-state index contributed by atoms with van der Waals surface area (Å²) in [4.78, 5) is 13.4. The minimum atomic E-state index is 0.0754. The maximum absolute atomic E-state index is 11.7. The third-order valence-corrected chi connectivity index (χ3v) is 2.39. The first-order chi connectivity index (χ1) is 6.17. The van der Waals surface area contributed by atoms with Crippen LogP contribution in [-0.4, -0.2) is 35.7 Å². The van der Waals surface area contributed by atoms with E-state index in [-0.39, 0.29) is 11.8 Å². The number of hydrogen-bond donors (Lipinski definition) is 0. The highest BCUT2D eigenvalue weighted by Gasteiger charge is 2.17. The SMILES string of the molecule is CCC(C)C(=O)N(CCCl)CCCl. The Labute approximate surface area is 90.2 Å². The lowest BCUT2D eigenvalue weighted by atomic mass is 10.1. The molecule has 0 fully saturated rings. The zero-order chi connectivity index (χ0) is 10.3. The lowest BCUT2D eigenvalue weighted by molar-refractivity contribution is -0.134. The molecule has 0 radical (unpaired) electrons. The van der Waals surface area contributed by atoms with E-state index in [1.165, 1.54) is 0 Å². The fourth-order valence-electron chi connectivity index (χ4n) is 1.02. The van der Waals surface area contributed by atoms with Crippen molar-refractivity contribution in [3.05, 3.63) is 0 Å². The van der Waals surface area contributed by atoms with Crippen LogP contribution in [0.25, 0.3) is 0 Å².